The van der Waals surface area contributed by atoms with E-state index in [2.05, 4.69) is 10.3 Å². The van der Waals surface area contributed by atoms with Gasteiger partial charge in [-0.3, -0.25) is 4.79 Å². The first-order chi connectivity index (χ1) is 10.1. The van der Waals surface area contributed by atoms with Gasteiger partial charge in [0.1, 0.15) is 5.69 Å². The number of nitrogens with one attached hydrogen (secondary N) is 1. The number of aliphatic hydroxyl groups excluding tert-OH is 1. The van der Waals surface area contributed by atoms with Crippen molar-refractivity contribution in [3.05, 3.63) is 23.9 Å². The van der Waals surface area contributed by atoms with Gasteiger partial charge in [-0.2, -0.15) is 0 Å². The molecule has 2 unspecified atom stereocenters. The predicted molar refractivity (Wildman–Crippen MR) is 71.4 cm³/mol. The first kappa shape index (κ1) is 15.6. The number of carbonyl (C=O) groups excluding carboxylic acids is 1. The number of ether oxygens (including phenoxy) is 1. The highest BCUT2D eigenvalue weighted by atomic mass is 19.3. The number of alkyl halides is 2. The van der Waals surface area contributed by atoms with E-state index in [4.69, 9.17) is 4.74 Å². The Hall–Kier alpha value is -1.76. The standard InChI is InChI=1S/C14H18F2N2O3/c15-12(16)8-21-13-6-2-4-10(18-13)14(20)17-7-9-3-1-5-11(9)19/h2,4,6,9,11-12,19H,1,3,5,7-8H2,(H,17,20). The van der Waals surface area contributed by atoms with E-state index >= 15 is 0 Å². The van der Waals surface area contributed by atoms with Crippen molar-refractivity contribution in [1.29, 1.82) is 0 Å². The third kappa shape index (κ3) is 4.63. The average Bonchev–Trinajstić information content (AvgIpc) is 2.88. The minimum absolute atomic E-state index is 0.0103. The molecule has 0 spiro atoms. The van der Waals surface area contributed by atoms with Crippen molar-refractivity contribution in [1.82, 2.24) is 10.3 Å². The Labute approximate surface area is 121 Å². The van der Waals surface area contributed by atoms with Crippen molar-refractivity contribution < 1.29 is 23.4 Å². The van der Waals surface area contributed by atoms with Crippen molar-refractivity contribution in [2.24, 2.45) is 5.92 Å². The molecule has 1 saturated carbocycles. The van der Waals surface area contributed by atoms with Gasteiger partial charge in [-0.05, 0) is 18.9 Å². The van der Waals surface area contributed by atoms with E-state index in [-0.39, 0.29) is 23.6 Å². The minimum atomic E-state index is -2.59. The maximum atomic E-state index is 12.1. The molecule has 7 heteroatoms. The van der Waals surface area contributed by atoms with E-state index in [0.29, 0.717) is 6.54 Å². The van der Waals surface area contributed by atoms with Crippen LogP contribution in [0.4, 0.5) is 8.78 Å². The molecule has 1 aromatic rings. The highest BCUT2D eigenvalue weighted by Gasteiger charge is 2.25. The van der Waals surface area contributed by atoms with Crippen molar-refractivity contribution in [2.45, 2.75) is 31.8 Å². The number of nitrogens with zero attached hydrogens (tertiary/aromatic N) is 1. The maximum Gasteiger partial charge on any atom is 0.272 e. The summed E-state index contributed by atoms with van der Waals surface area (Å²) in [7, 11) is 0. The second-order valence-corrected chi connectivity index (χ2v) is 5.03. The Bertz CT molecular complexity index is 485. The lowest BCUT2D eigenvalue weighted by Gasteiger charge is -2.15. The molecule has 21 heavy (non-hydrogen) atoms. The molecule has 0 bridgehead atoms. The molecule has 0 radical (unpaired) electrons. The number of carbonyl (C=O) groups is 1. The van der Waals surface area contributed by atoms with Crippen LogP contribution in [0.3, 0.4) is 0 Å². The molecule has 0 saturated heterocycles. The predicted octanol–water partition coefficient (Wildman–Crippen LogP) is 1.62. The lowest BCUT2D eigenvalue weighted by atomic mass is 10.1. The summed E-state index contributed by atoms with van der Waals surface area (Å²) in [5.41, 5.74) is 0.106. The third-order valence-corrected chi connectivity index (χ3v) is 3.46. The van der Waals surface area contributed by atoms with Crippen molar-refractivity contribution in [3.63, 3.8) is 0 Å². The Kier molecular flexibility index (Phi) is 5.44. The molecule has 2 atom stereocenters. The Balaban J connectivity index is 1.88. The average molecular weight is 300 g/mol. The van der Waals surface area contributed by atoms with Gasteiger partial charge in [0.2, 0.25) is 5.88 Å². The number of hydrogen-bond donors (Lipinski definition) is 2. The number of rotatable bonds is 6. The summed E-state index contributed by atoms with van der Waals surface area (Å²) in [5.74, 6) is -0.354. The first-order valence-corrected chi connectivity index (χ1v) is 6.90. The molecule has 0 aliphatic heterocycles. The van der Waals surface area contributed by atoms with Crippen molar-refractivity contribution >= 4 is 5.91 Å². The summed E-state index contributed by atoms with van der Waals surface area (Å²) in [5, 5.41) is 12.4. The third-order valence-electron chi connectivity index (χ3n) is 3.46. The molecular weight excluding hydrogens is 282 g/mol. The fourth-order valence-corrected chi connectivity index (χ4v) is 2.34. The fraction of sp³-hybridized carbons (Fsp3) is 0.571. The summed E-state index contributed by atoms with van der Waals surface area (Å²) < 4.78 is 28.9. The molecule has 1 heterocycles. The van der Waals surface area contributed by atoms with Crippen LogP contribution in [0, 0.1) is 5.92 Å². The largest absolute Gasteiger partial charge is 0.472 e. The van der Waals surface area contributed by atoms with E-state index in [9.17, 15) is 18.7 Å². The SMILES string of the molecule is O=C(NCC1CCCC1O)c1cccc(OCC(F)F)n1. The summed E-state index contributed by atoms with van der Waals surface area (Å²) in [6, 6.07) is 4.42. The molecule has 2 N–H and O–H groups in total. The zero-order chi connectivity index (χ0) is 15.2. The minimum Gasteiger partial charge on any atom is -0.472 e. The van der Waals surface area contributed by atoms with Crippen LogP contribution in [0.15, 0.2) is 18.2 Å². The number of hydrogen-bond acceptors (Lipinski definition) is 4. The highest BCUT2D eigenvalue weighted by molar-refractivity contribution is 5.92. The van der Waals surface area contributed by atoms with E-state index < -0.39 is 18.9 Å². The molecule has 1 aliphatic rings. The Morgan fingerprint density at radius 2 is 2.29 bits per heavy atom. The molecule has 0 aromatic carbocycles. The van der Waals surface area contributed by atoms with Gasteiger partial charge in [-0.25, -0.2) is 13.8 Å². The second kappa shape index (κ2) is 7.31. The van der Waals surface area contributed by atoms with Crippen LogP contribution in [0.1, 0.15) is 29.8 Å². The summed E-state index contributed by atoms with van der Waals surface area (Å²) >= 11 is 0. The zero-order valence-corrected chi connectivity index (χ0v) is 11.5. The van der Waals surface area contributed by atoms with E-state index in [1.165, 1.54) is 18.2 Å². The van der Waals surface area contributed by atoms with Gasteiger partial charge < -0.3 is 15.2 Å². The van der Waals surface area contributed by atoms with Crippen LogP contribution in [-0.2, 0) is 0 Å². The van der Waals surface area contributed by atoms with Gasteiger partial charge >= 0.3 is 0 Å². The summed E-state index contributed by atoms with van der Waals surface area (Å²) in [6.45, 7) is -0.379. The topological polar surface area (TPSA) is 71.5 Å². The maximum absolute atomic E-state index is 12.1. The monoisotopic (exact) mass is 300 g/mol. The molecule has 1 aliphatic carbocycles. The Morgan fingerprint density at radius 1 is 1.48 bits per heavy atom. The van der Waals surface area contributed by atoms with Crippen molar-refractivity contribution in [3.8, 4) is 5.88 Å². The van der Waals surface area contributed by atoms with Gasteiger partial charge in [0.25, 0.3) is 12.3 Å². The van der Waals surface area contributed by atoms with Crippen LogP contribution in [0.5, 0.6) is 5.88 Å². The van der Waals surface area contributed by atoms with Crippen LogP contribution in [0.25, 0.3) is 0 Å². The molecule has 5 nitrogen and oxygen atoms in total. The van der Waals surface area contributed by atoms with Crippen LogP contribution < -0.4 is 10.1 Å². The van der Waals surface area contributed by atoms with Gasteiger partial charge in [-0.15, -0.1) is 0 Å². The van der Waals surface area contributed by atoms with E-state index in [1.54, 1.807) is 0 Å². The first-order valence-electron chi connectivity index (χ1n) is 6.90. The van der Waals surface area contributed by atoms with Crippen LogP contribution in [-0.4, -0.2) is 41.7 Å². The quantitative estimate of drug-likeness (QED) is 0.837. The fourth-order valence-electron chi connectivity index (χ4n) is 2.34. The van der Waals surface area contributed by atoms with Crippen molar-refractivity contribution in [2.75, 3.05) is 13.2 Å². The molecule has 116 valence electrons. The summed E-state index contributed by atoms with van der Waals surface area (Å²) in [4.78, 5) is 15.8. The lowest BCUT2D eigenvalue weighted by Crippen LogP contribution is -2.32. The number of pyridine rings is 1. The number of aliphatic hydroxyl groups is 1. The molecule has 1 fully saturated rings. The number of aromatic nitrogens is 1. The Morgan fingerprint density at radius 3 is 2.95 bits per heavy atom. The van der Waals surface area contributed by atoms with Crippen LogP contribution in [0.2, 0.25) is 0 Å². The van der Waals surface area contributed by atoms with Gasteiger partial charge in [-0.1, -0.05) is 12.5 Å². The molecule has 2 rings (SSSR count). The van der Waals surface area contributed by atoms with Crippen LogP contribution >= 0.6 is 0 Å². The molecule has 1 aromatic heterocycles. The highest BCUT2D eigenvalue weighted by Crippen LogP contribution is 2.24. The van der Waals surface area contributed by atoms with E-state index in [1.807, 2.05) is 0 Å². The number of halogens is 2. The van der Waals surface area contributed by atoms with Gasteiger partial charge in [0.15, 0.2) is 6.61 Å². The smallest absolute Gasteiger partial charge is 0.272 e. The molecule has 1 amide bonds. The number of amides is 1. The van der Waals surface area contributed by atoms with Gasteiger partial charge in [0.05, 0.1) is 6.10 Å². The normalized spacial score (nSPS) is 21.5. The van der Waals surface area contributed by atoms with Gasteiger partial charge in [0, 0.05) is 18.5 Å². The molecular formula is C14H18F2N2O3. The second-order valence-electron chi connectivity index (χ2n) is 5.03. The van der Waals surface area contributed by atoms with E-state index in [0.717, 1.165) is 19.3 Å². The summed E-state index contributed by atoms with van der Waals surface area (Å²) in [6.07, 6.45) is -0.369. The zero-order valence-electron chi connectivity index (χ0n) is 11.5. The lowest BCUT2D eigenvalue weighted by molar-refractivity contribution is 0.0792.